The number of fused-ring (bicyclic) bond motifs is 1. The number of rotatable bonds is 3. The number of nitrogens with one attached hydrogen (secondary N) is 1. The summed E-state index contributed by atoms with van der Waals surface area (Å²) in [5.74, 6) is 1.62. The van der Waals surface area contributed by atoms with Gasteiger partial charge < -0.3 is 14.6 Å². The minimum atomic E-state index is 0.797. The molecule has 0 aliphatic carbocycles. The molecule has 0 radical (unpaired) electrons. The summed E-state index contributed by atoms with van der Waals surface area (Å²) in [5.41, 5.74) is 2.96. The van der Waals surface area contributed by atoms with Crippen LogP contribution in [0.25, 0.3) is 11.0 Å². The first kappa shape index (κ1) is 11.6. The Morgan fingerprint density at radius 1 is 1.05 bits per heavy atom. The molecule has 2 aromatic carbocycles. The molecule has 0 atom stereocenters. The fourth-order valence-corrected chi connectivity index (χ4v) is 2.12. The maximum Gasteiger partial charge on any atom is 0.208 e. The summed E-state index contributed by atoms with van der Waals surface area (Å²) in [4.78, 5) is 9.87. The predicted molar refractivity (Wildman–Crippen MR) is 77.2 cm³/mol. The zero-order valence-corrected chi connectivity index (χ0v) is 10.9. The highest BCUT2D eigenvalue weighted by molar-refractivity contribution is 5.79. The van der Waals surface area contributed by atoms with Crippen LogP contribution in [0, 0.1) is 0 Å². The molecular weight excluding hydrogens is 238 g/mol. The van der Waals surface area contributed by atoms with Gasteiger partial charge in [0.05, 0.1) is 23.8 Å². The van der Waals surface area contributed by atoms with Crippen molar-refractivity contribution in [1.29, 1.82) is 0 Å². The molecule has 1 heterocycles. The molecule has 0 amide bonds. The molecule has 0 aliphatic heterocycles. The highest BCUT2D eigenvalue weighted by Gasteiger charge is 2.12. The second-order valence-corrected chi connectivity index (χ2v) is 4.31. The second-order valence-electron chi connectivity index (χ2n) is 4.31. The van der Waals surface area contributed by atoms with Crippen LogP contribution in [0.5, 0.6) is 5.75 Å². The third kappa shape index (κ3) is 2.01. The molecule has 3 aromatic rings. The lowest BCUT2D eigenvalue weighted by Crippen LogP contribution is -2.12. The van der Waals surface area contributed by atoms with Crippen molar-refractivity contribution in [3.63, 3.8) is 0 Å². The van der Waals surface area contributed by atoms with Gasteiger partial charge in [-0.1, -0.05) is 24.3 Å². The summed E-state index contributed by atoms with van der Waals surface area (Å²) in [6, 6.07) is 15.9. The SMILES string of the molecule is COc1ccccc1N(C)c1nc2ccccc2[nH]1. The average Bonchev–Trinajstić information content (AvgIpc) is 2.90. The van der Waals surface area contributed by atoms with Crippen molar-refractivity contribution >= 4 is 22.7 Å². The number of aromatic nitrogens is 2. The molecule has 19 heavy (non-hydrogen) atoms. The summed E-state index contributed by atoms with van der Waals surface area (Å²) in [7, 11) is 3.64. The van der Waals surface area contributed by atoms with E-state index in [1.165, 1.54) is 0 Å². The topological polar surface area (TPSA) is 41.1 Å². The van der Waals surface area contributed by atoms with Gasteiger partial charge in [-0.3, -0.25) is 0 Å². The van der Waals surface area contributed by atoms with Crippen molar-refractivity contribution in [2.75, 3.05) is 19.1 Å². The molecule has 0 saturated heterocycles. The van der Waals surface area contributed by atoms with Crippen molar-refractivity contribution in [1.82, 2.24) is 9.97 Å². The van der Waals surface area contributed by atoms with Crippen LogP contribution in [0.2, 0.25) is 0 Å². The summed E-state index contributed by atoms with van der Waals surface area (Å²) < 4.78 is 5.38. The van der Waals surface area contributed by atoms with E-state index >= 15 is 0 Å². The molecule has 4 heteroatoms. The van der Waals surface area contributed by atoms with E-state index in [1.807, 2.05) is 60.5 Å². The van der Waals surface area contributed by atoms with E-state index in [9.17, 15) is 0 Å². The number of aromatic amines is 1. The quantitative estimate of drug-likeness (QED) is 0.778. The number of H-pyrrole nitrogens is 1. The lowest BCUT2D eigenvalue weighted by Gasteiger charge is -2.18. The number of imidazole rings is 1. The first-order valence-electron chi connectivity index (χ1n) is 6.11. The smallest absolute Gasteiger partial charge is 0.208 e. The van der Waals surface area contributed by atoms with Crippen LogP contribution in [0.4, 0.5) is 11.6 Å². The maximum absolute atomic E-state index is 5.38. The Balaban J connectivity index is 2.05. The predicted octanol–water partition coefficient (Wildman–Crippen LogP) is 3.34. The van der Waals surface area contributed by atoms with Crippen molar-refractivity contribution in [2.24, 2.45) is 0 Å². The lowest BCUT2D eigenvalue weighted by atomic mass is 10.3. The molecule has 0 aliphatic rings. The van der Waals surface area contributed by atoms with Crippen LogP contribution < -0.4 is 9.64 Å². The zero-order chi connectivity index (χ0) is 13.2. The molecule has 0 bridgehead atoms. The average molecular weight is 253 g/mol. The highest BCUT2D eigenvalue weighted by Crippen LogP contribution is 2.31. The molecular formula is C15H15N3O. The first-order chi connectivity index (χ1) is 9.29. The Morgan fingerprint density at radius 2 is 1.79 bits per heavy atom. The van der Waals surface area contributed by atoms with Crippen LogP contribution >= 0.6 is 0 Å². The van der Waals surface area contributed by atoms with Crippen molar-refractivity contribution in [3.8, 4) is 5.75 Å². The fraction of sp³-hybridized carbons (Fsp3) is 0.133. The van der Waals surface area contributed by atoms with E-state index in [-0.39, 0.29) is 0 Å². The van der Waals surface area contributed by atoms with Gasteiger partial charge in [-0.15, -0.1) is 0 Å². The molecule has 96 valence electrons. The largest absolute Gasteiger partial charge is 0.495 e. The minimum Gasteiger partial charge on any atom is -0.495 e. The zero-order valence-electron chi connectivity index (χ0n) is 10.9. The molecule has 0 unspecified atom stereocenters. The van der Waals surface area contributed by atoms with Crippen molar-refractivity contribution in [3.05, 3.63) is 48.5 Å². The van der Waals surface area contributed by atoms with E-state index in [2.05, 4.69) is 9.97 Å². The third-order valence-corrected chi connectivity index (χ3v) is 3.14. The Bertz CT molecular complexity index is 672. The van der Waals surface area contributed by atoms with E-state index in [0.717, 1.165) is 28.4 Å². The maximum atomic E-state index is 5.38. The Hall–Kier alpha value is -2.49. The Morgan fingerprint density at radius 3 is 2.58 bits per heavy atom. The number of ether oxygens (including phenoxy) is 1. The fourth-order valence-electron chi connectivity index (χ4n) is 2.12. The van der Waals surface area contributed by atoms with Gasteiger partial charge in [0.1, 0.15) is 5.75 Å². The van der Waals surface area contributed by atoms with Gasteiger partial charge >= 0.3 is 0 Å². The summed E-state index contributed by atoms with van der Waals surface area (Å²) in [6.07, 6.45) is 0. The van der Waals surface area contributed by atoms with Gasteiger partial charge in [0.25, 0.3) is 0 Å². The van der Waals surface area contributed by atoms with Gasteiger partial charge in [0.2, 0.25) is 5.95 Å². The van der Waals surface area contributed by atoms with Gasteiger partial charge in [-0.05, 0) is 24.3 Å². The number of anilines is 2. The van der Waals surface area contributed by atoms with Crippen LogP contribution in [0.3, 0.4) is 0 Å². The summed E-state index contributed by atoms with van der Waals surface area (Å²) >= 11 is 0. The molecule has 3 rings (SSSR count). The first-order valence-corrected chi connectivity index (χ1v) is 6.11. The standard InChI is InChI=1S/C15H15N3O/c1-18(13-9-5-6-10-14(13)19-2)15-16-11-7-3-4-8-12(11)17-15/h3-10H,1-2H3,(H,16,17). The van der Waals surface area contributed by atoms with Gasteiger partial charge in [0.15, 0.2) is 0 Å². The molecule has 1 N–H and O–H groups in total. The van der Waals surface area contributed by atoms with Gasteiger partial charge in [0, 0.05) is 7.05 Å². The number of methoxy groups -OCH3 is 1. The third-order valence-electron chi connectivity index (χ3n) is 3.14. The molecule has 0 fully saturated rings. The molecule has 1 aromatic heterocycles. The van der Waals surface area contributed by atoms with Crippen LogP contribution in [-0.2, 0) is 0 Å². The Kier molecular flexibility index (Phi) is 2.83. The van der Waals surface area contributed by atoms with E-state index < -0.39 is 0 Å². The number of nitrogens with zero attached hydrogens (tertiary/aromatic N) is 2. The van der Waals surface area contributed by atoms with E-state index in [1.54, 1.807) is 7.11 Å². The number of para-hydroxylation sites is 4. The van der Waals surface area contributed by atoms with Gasteiger partial charge in [-0.25, -0.2) is 4.98 Å². The van der Waals surface area contributed by atoms with Crippen LogP contribution in [0.15, 0.2) is 48.5 Å². The summed E-state index contributed by atoms with van der Waals surface area (Å²) in [5, 5.41) is 0. The van der Waals surface area contributed by atoms with Crippen LogP contribution in [0.1, 0.15) is 0 Å². The highest BCUT2D eigenvalue weighted by atomic mass is 16.5. The molecule has 0 spiro atoms. The number of benzene rings is 2. The van der Waals surface area contributed by atoms with Gasteiger partial charge in [-0.2, -0.15) is 0 Å². The lowest BCUT2D eigenvalue weighted by molar-refractivity contribution is 0.415. The minimum absolute atomic E-state index is 0.797. The van der Waals surface area contributed by atoms with Crippen molar-refractivity contribution in [2.45, 2.75) is 0 Å². The molecule has 0 saturated carbocycles. The number of hydrogen-bond donors (Lipinski definition) is 1. The summed E-state index contributed by atoms with van der Waals surface area (Å²) in [6.45, 7) is 0. The Labute approximate surface area is 111 Å². The molecule has 4 nitrogen and oxygen atoms in total. The monoisotopic (exact) mass is 253 g/mol. The van der Waals surface area contributed by atoms with Crippen molar-refractivity contribution < 1.29 is 4.74 Å². The second kappa shape index (κ2) is 4.65. The van der Waals surface area contributed by atoms with Crippen LogP contribution in [-0.4, -0.2) is 24.1 Å². The normalized spacial score (nSPS) is 10.6. The number of hydrogen-bond acceptors (Lipinski definition) is 3. The van der Waals surface area contributed by atoms with E-state index in [4.69, 9.17) is 4.74 Å². The van der Waals surface area contributed by atoms with E-state index in [0.29, 0.717) is 0 Å².